The van der Waals surface area contributed by atoms with Gasteiger partial charge in [-0.3, -0.25) is 29.8 Å². The highest BCUT2D eigenvalue weighted by Crippen LogP contribution is 2.67. The van der Waals surface area contributed by atoms with Crippen molar-refractivity contribution in [2.75, 3.05) is 31.5 Å². The van der Waals surface area contributed by atoms with Gasteiger partial charge >= 0.3 is 5.69 Å². The number of anilines is 1. The molecule has 4 aliphatic carbocycles. The second-order valence-corrected chi connectivity index (χ2v) is 23.3. The zero-order valence-electron chi connectivity index (χ0n) is 41.3. The van der Waals surface area contributed by atoms with Gasteiger partial charge in [0.25, 0.3) is 5.69 Å². The van der Waals surface area contributed by atoms with Crippen LogP contribution in [0.4, 0.5) is 17.1 Å². The number of nitro groups is 2. The van der Waals surface area contributed by atoms with Gasteiger partial charge in [-0.05, 0) is 139 Å². The third-order valence-corrected chi connectivity index (χ3v) is 18.9. The molecule has 2 aromatic carbocycles. The summed E-state index contributed by atoms with van der Waals surface area (Å²) < 4.78 is 35.4. The summed E-state index contributed by atoms with van der Waals surface area (Å²) in [6, 6.07) is 8.10. The highest BCUT2D eigenvalue weighted by Gasteiger charge is 2.59. The number of amides is 2. The minimum atomic E-state index is -4.29. The molecule has 3 aromatic rings. The Bertz CT molecular complexity index is 2460. The van der Waals surface area contributed by atoms with Crippen LogP contribution in [0.5, 0.6) is 0 Å². The molecule has 0 radical (unpaired) electrons. The van der Waals surface area contributed by atoms with Gasteiger partial charge in [0, 0.05) is 57.2 Å². The fourth-order valence-corrected chi connectivity index (χ4v) is 15.1. The maximum absolute atomic E-state index is 14.6. The lowest BCUT2D eigenvalue weighted by Gasteiger charge is -2.59. The van der Waals surface area contributed by atoms with Gasteiger partial charge < -0.3 is 16.0 Å². The van der Waals surface area contributed by atoms with Crippen LogP contribution in [0.2, 0.25) is 0 Å². The number of fused-ring (bicyclic) bond motifs is 6. The van der Waals surface area contributed by atoms with Gasteiger partial charge in [-0.15, -0.1) is 0 Å². The monoisotopic (exact) mass is 975 g/mol. The van der Waals surface area contributed by atoms with Gasteiger partial charge in [0.2, 0.25) is 27.4 Å². The van der Waals surface area contributed by atoms with E-state index in [1.165, 1.54) is 85.2 Å². The highest BCUT2D eigenvalue weighted by atomic mass is 32.2. The minimum absolute atomic E-state index is 0.0134. The number of para-hydroxylation sites is 1. The lowest BCUT2D eigenvalue weighted by molar-refractivity contribution is -0.387. The normalized spacial score (nSPS) is 25.9. The number of allylic oxidation sites excluding steroid dienone is 1. The van der Waals surface area contributed by atoms with E-state index in [0.29, 0.717) is 61.1 Å². The Balaban J connectivity index is 0.893. The number of sulfonamides is 1. The molecule has 0 aliphatic heterocycles. The van der Waals surface area contributed by atoms with Gasteiger partial charge in [0.05, 0.1) is 15.5 Å². The highest BCUT2D eigenvalue weighted by molar-refractivity contribution is 7.89. The fourth-order valence-electron chi connectivity index (χ4n) is 13.3. The summed E-state index contributed by atoms with van der Waals surface area (Å²) >= 11 is 0. The van der Waals surface area contributed by atoms with Gasteiger partial charge in [-0.1, -0.05) is 84.1 Å². The van der Waals surface area contributed by atoms with Crippen molar-refractivity contribution < 1.29 is 32.5 Å². The first-order chi connectivity index (χ1) is 33.0. The molecule has 1 heterocycles. The van der Waals surface area contributed by atoms with E-state index in [9.17, 15) is 38.2 Å². The van der Waals surface area contributed by atoms with Crippen molar-refractivity contribution >= 4 is 49.9 Å². The van der Waals surface area contributed by atoms with Crippen molar-refractivity contribution in [3.63, 3.8) is 0 Å². The lowest BCUT2D eigenvalue weighted by Crippen LogP contribution is -2.53. The molecule has 0 spiro atoms. The van der Waals surface area contributed by atoms with Crippen LogP contribution in [-0.4, -0.2) is 76.9 Å². The van der Waals surface area contributed by atoms with Crippen molar-refractivity contribution in [2.45, 2.75) is 155 Å². The molecule has 8 atom stereocenters. The topological polar surface area (TPSA) is 233 Å². The summed E-state index contributed by atoms with van der Waals surface area (Å²) in [5.41, 5.74) is 1.98. The average molecular weight is 975 g/mol. The quantitative estimate of drug-likeness (QED) is 0.0329. The van der Waals surface area contributed by atoms with Gasteiger partial charge in [-0.25, -0.2) is 13.0 Å². The second-order valence-electron chi connectivity index (χ2n) is 21.4. The minimum Gasteiger partial charge on any atom is -0.383 e. The van der Waals surface area contributed by atoms with Crippen LogP contribution in [0.15, 0.2) is 57.6 Å². The summed E-state index contributed by atoms with van der Waals surface area (Å²) in [4.78, 5) is 47.2. The smallest absolute Gasteiger partial charge is 0.300 e. The Morgan fingerprint density at radius 2 is 1.55 bits per heavy atom. The Kier molecular flexibility index (Phi) is 16.8. The van der Waals surface area contributed by atoms with Crippen LogP contribution < -0.4 is 16.0 Å². The first-order valence-electron chi connectivity index (χ1n) is 25.6. The summed E-state index contributed by atoms with van der Waals surface area (Å²) in [7, 11) is -4.29. The van der Waals surface area contributed by atoms with Gasteiger partial charge in [0.1, 0.15) is 0 Å². The van der Waals surface area contributed by atoms with Crippen LogP contribution >= 0.6 is 0 Å². The molecule has 3 saturated carbocycles. The van der Waals surface area contributed by atoms with E-state index in [0.717, 1.165) is 43.4 Å². The maximum Gasteiger partial charge on any atom is 0.300 e. The van der Waals surface area contributed by atoms with E-state index in [1.807, 2.05) is 0 Å². The predicted octanol–water partition coefficient (Wildman–Crippen LogP) is 10.1. The number of nitrogens with zero attached hydrogens (tertiary/aromatic N) is 5. The number of hydrogen-bond donors (Lipinski definition) is 3. The largest absolute Gasteiger partial charge is 0.383 e. The van der Waals surface area contributed by atoms with E-state index in [-0.39, 0.29) is 77.4 Å². The van der Waals surface area contributed by atoms with Gasteiger partial charge in [-0.2, -0.15) is 4.31 Å². The third-order valence-electron chi connectivity index (χ3n) is 16.9. The third kappa shape index (κ3) is 11.5. The number of carbonyl (C=O) groups excluding carboxylic acids is 2. The molecule has 17 nitrogen and oxygen atoms in total. The Labute approximate surface area is 407 Å². The predicted molar refractivity (Wildman–Crippen MR) is 264 cm³/mol. The number of benzene rings is 2. The molecular weight excluding hydrogens is 901 g/mol. The molecule has 2 amide bonds. The van der Waals surface area contributed by atoms with Crippen LogP contribution in [0.1, 0.15) is 144 Å². The molecule has 4 aliphatic rings. The van der Waals surface area contributed by atoms with Crippen molar-refractivity contribution in [1.29, 1.82) is 0 Å². The van der Waals surface area contributed by atoms with E-state index < -0.39 is 25.6 Å². The average Bonchev–Trinajstić information content (AvgIpc) is 3.95. The molecule has 3 N–H and O–H groups in total. The van der Waals surface area contributed by atoms with Crippen LogP contribution in [0.25, 0.3) is 11.0 Å². The van der Waals surface area contributed by atoms with Crippen LogP contribution in [0, 0.1) is 66.6 Å². The zero-order valence-corrected chi connectivity index (χ0v) is 42.1. The lowest BCUT2D eigenvalue weighted by atomic mass is 9.47. The summed E-state index contributed by atoms with van der Waals surface area (Å²) in [5, 5.41) is 39.6. The van der Waals surface area contributed by atoms with E-state index >= 15 is 0 Å². The summed E-state index contributed by atoms with van der Waals surface area (Å²) in [6.07, 6.45) is 17.4. The number of unbranched alkanes of at least 4 members (excludes halogenated alkanes) is 2. The summed E-state index contributed by atoms with van der Waals surface area (Å²) in [5.74, 6) is 3.71. The number of rotatable bonds is 24. The van der Waals surface area contributed by atoms with Crippen molar-refractivity contribution in [2.24, 2.45) is 46.3 Å². The standard InChI is InChI=1S/C51H74N8O9S/c1-34(2)13-11-14-35(3)39-20-21-40-38-19-18-36-33-37(24-27-50(36,4)41(38)25-28-51(39,40)5)57(69(66,67)45-16-9-8-15-43(45)58(62)63)32-12-30-53-47(61)26-31-54-46(60)17-7-6-10-29-52-42-22-23-44(59(64)65)49-48(42)55-68-56-49/h8-9,15-16,18,22-23,34-35,37-41,52H,6-7,10-14,17,19-21,24-33H2,1-5H3,(H,53,61)(H,54,60)/t35-,37+,38?,39-,40?,41?,50+,51-/m1/s1. The molecule has 0 bridgehead atoms. The Morgan fingerprint density at radius 1 is 0.812 bits per heavy atom. The fraction of sp³-hybridized carbons (Fsp3) is 0.686. The zero-order chi connectivity index (χ0) is 49.5. The Morgan fingerprint density at radius 3 is 2.32 bits per heavy atom. The number of hydrogen-bond acceptors (Lipinski definition) is 12. The molecule has 0 saturated heterocycles. The van der Waals surface area contributed by atoms with E-state index in [4.69, 9.17) is 4.63 Å². The first-order valence-corrected chi connectivity index (χ1v) is 27.0. The molecular formula is C51H74N8O9S. The SMILES string of the molecule is CC(C)CCC[C@@H](C)[C@H]1CCC2C3CC=C4C[C@@H](N(CCCNC(=O)CCNC(=O)CCCCCNc5ccc([N+](=O)[O-])c6nonc56)S(=O)(=O)c5ccccc5[N+](=O)[O-])CC[C@]4(C)C3CC[C@@]21C. The van der Waals surface area contributed by atoms with E-state index in [2.05, 4.69) is 67.0 Å². The maximum atomic E-state index is 14.6. The van der Waals surface area contributed by atoms with Gasteiger partial charge in [0.15, 0.2) is 10.4 Å². The van der Waals surface area contributed by atoms with Crippen LogP contribution in [-0.2, 0) is 19.6 Å². The van der Waals surface area contributed by atoms with Crippen molar-refractivity contribution in [1.82, 2.24) is 25.3 Å². The van der Waals surface area contributed by atoms with Crippen molar-refractivity contribution in [3.05, 3.63) is 68.3 Å². The molecule has 378 valence electrons. The Hall–Kier alpha value is -4.97. The molecule has 7 rings (SSSR count). The number of nitrogens with one attached hydrogen (secondary N) is 3. The molecule has 18 heteroatoms. The molecule has 1 aromatic heterocycles. The first kappa shape index (κ1) is 51.9. The van der Waals surface area contributed by atoms with Crippen LogP contribution in [0.3, 0.4) is 0 Å². The van der Waals surface area contributed by atoms with E-state index in [1.54, 1.807) is 6.07 Å². The summed E-state index contributed by atoms with van der Waals surface area (Å²) in [6.45, 7) is 13.2. The van der Waals surface area contributed by atoms with Crippen molar-refractivity contribution in [3.8, 4) is 0 Å². The molecule has 69 heavy (non-hydrogen) atoms. The number of nitro benzene ring substituents is 2. The number of aromatic nitrogens is 2. The second kappa shape index (κ2) is 22.4. The number of carbonyl (C=O) groups is 2. The molecule has 3 fully saturated rings. The molecule has 3 unspecified atom stereocenters. The number of non-ortho nitro benzene ring substituents is 1.